The number of furan rings is 1. The van der Waals surface area contributed by atoms with Gasteiger partial charge in [0.2, 0.25) is 5.91 Å². The Hall–Kier alpha value is -2.81. The summed E-state index contributed by atoms with van der Waals surface area (Å²) in [6, 6.07) is 8.04. The fraction of sp³-hybridized carbons (Fsp3) is 0.400. The molecule has 0 aliphatic carbocycles. The Balaban J connectivity index is 1.53. The summed E-state index contributed by atoms with van der Waals surface area (Å²) in [5.41, 5.74) is -1.28. The highest BCUT2D eigenvalue weighted by atomic mass is 19.4. The lowest BCUT2D eigenvalue weighted by Gasteiger charge is -2.34. The molecule has 156 valence electrons. The fourth-order valence-electron chi connectivity index (χ4n) is 3.30. The first kappa shape index (κ1) is 20.9. The van der Waals surface area contributed by atoms with Crippen LogP contribution in [0.25, 0.3) is 0 Å². The molecule has 0 bridgehead atoms. The first-order valence-corrected chi connectivity index (χ1v) is 9.26. The summed E-state index contributed by atoms with van der Waals surface area (Å²) in [4.78, 5) is 28.1. The maximum Gasteiger partial charge on any atom is 0.417 e. The molecule has 0 unspecified atom stereocenters. The third kappa shape index (κ3) is 5.17. The second-order valence-corrected chi connectivity index (χ2v) is 6.92. The van der Waals surface area contributed by atoms with Crippen LogP contribution in [0.3, 0.4) is 0 Å². The standard InChI is InChI=1S/C20H22F3N3O3/c1-14(17-7-4-12-29-17)24-18(27)13-25-8-10-26(11-9-25)19(28)15-5-2-3-6-16(15)20(21,22)23/h2-7,12,14H,8-11,13H2,1H3,(H,24,27)/t14-/m1/s1. The Morgan fingerprint density at radius 2 is 1.79 bits per heavy atom. The number of halogens is 3. The maximum atomic E-state index is 13.2. The summed E-state index contributed by atoms with van der Waals surface area (Å²) in [7, 11) is 0. The van der Waals surface area contributed by atoms with Gasteiger partial charge in [-0.3, -0.25) is 14.5 Å². The molecule has 3 rings (SSSR count). The molecule has 0 radical (unpaired) electrons. The molecule has 9 heteroatoms. The van der Waals surface area contributed by atoms with E-state index in [1.165, 1.54) is 29.4 Å². The average Bonchev–Trinajstić information content (AvgIpc) is 3.22. The minimum Gasteiger partial charge on any atom is -0.467 e. The number of hydrogen-bond donors (Lipinski definition) is 1. The van der Waals surface area contributed by atoms with E-state index >= 15 is 0 Å². The van der Waals surface area contributed by atoms with Crippen molar-refractivity contribution >= 4 is 11.8 Å². The zero-order valence-electron chi connectivity index (χ0n) is 15.9. The molecule has 2 amide bonds. The van der Waals surface area contributed by atoms with E-state index in [-0.39, 0.29) is 37.1 Å². The highest BCUT2D eigenvalue weighted by Crippen LogP contribution is 2.32. The lowest BCUT2D eigenvalue weighted by molar-refractivity contribution is -0.138. The van der Waals surface area contributed by atoms with E-state index in [1.54, 1.807) is 12.1 Å². The Kier molecular flexibility index (Phi) is 6.26. The number of benzene rings is 1. The molecule has 2 aromatic rings. The molecule has 1 saturated heterocycles. The van der Waals surface area contributed by atoms with Gasteiger partial charge in [-0.2, -0.15) is 13.2 Å². The first-order valence-electron chi connectivity index (χ1n) is 9.26. The number of carbonyl (C=O) groups excluding carboxylic acids is 2. The van der Waals surface area contributed by atoms with E-state index in [0.29, 0.717) is 18.8 Å². The molecule has 0 spiro atoms. The van der Waals surface area contributed by atoms with Crippen molar-refractivity contribution in [3.63, 3.8) is 0 Å². The number of nitrogens with zero attached hydrogens (tertiary/aromatic N) is 2. The van der Waals surface area contributed by atoms with E-state index in [2.05, 4.69) is 5.32 Å². The maximum absolute atomic E-state index is 13.2. The number of piperazine rings is 1. The van der Waals surface area contributed by atoms with Gasteiger partial charge in [-0.15, -0.1) is 0 Å². The minimum atomic E-state index is -4.59. The molecule has 2 heterocycles. The third-order valence-electron chi connectivity index (χ3n) is 4.84. The number of nitrogens with one attached hydrogen (secondary N) is 1. The Bertz CT molecular complexity index is 844. The monoisotopic (exact) mass is 409 g/mol. The van der Waals surface area contributed by atoms with Gasteiger partial charge in [0.25, 0.3) is 5.91 Å². The highest BCUT2D eigenvalue weighted by molar-refractivity contribution is 5.96. The van der Waals surface area contributed by atoms with E-state index < -0.39 is 17.6 Å². The predicted octanol–water partition coefficient (Wildman–Crippen LogP) is 2.93. The molecule has 0 saturated carbocycles. The Labute approximate surface area is 166 Å². The van der Waals surface area contributed by atoms with Crippen LogP contribution in [0.1, 0.15) is 34.6 Å². The molecule has 6 nitrogen and oxygen atoms in total. The van der Waals surface area contributed by atoms with Crippen molar-refractivity contribution in [2.24, 2.45) is 0 Å². The number of rotatable bonds is 5. The molecular weight excluding hydrogens is 387 g/mol. The van der Waals surface area contributed by atoms with Crippen LogP contribution in [0.5, 0.6) is 0 Å². The molecule has 1 atom stereocenters. The van der Waals surface area contributed by atoms with Gasteiger partial charge in [0.05, 0.1) is 30.0 Å². The van der Waals surface area contributed by atoms with Crippen LogP contribution >= 0.6 is 0 Å². The van der Waals surface area contributed by atoms with Crippen molar-refractivity contribution in [3.8, 4) is 0 Å². The van der Waals surface area contributed by atoms with Crippen molar-refractivity contribution in [2.75, 3.05) is 32.7 Å². The quantitative estimate of drug-likeness (QED) is 0.825. The van der Waals surface area contributed by atoms with Crippen LogP contribution in [0.2, 0.25) is 0 Å². The predicted molar refractivity (Wildman–Crippen MR) is 99.1 cm³/mol. The Morgan fingerprint density at radius 3 is 2.41 bits per heavy atom. The van der Waals surface area contributed by atoms with Crippen LogP contribution in [-0.4, -0.2) is 54.3 Å². The third-order valence-corrected chi connectivity index (χ3v) is 4.84. The van der Waals surface area contributed by atoms with E-state index in [0.717, 1.165) is 6.07 Å². The summed E-state index contributed by atoms with van der Waals surface area (Å²) in [6.07, 6.45) is -3.05. The molecule has 29 heavy (non-hydrogen) atoms. The van der Waals surface area contributed by atoms with Gasteiger partial charge in [-0.25, -0.2) is 0 Å². The summed E-state index contributed by atoms with van der Waals surface area (Å²) >= 11 is 0. The second-order valence-electron chi connectivity index (χ2n) is 6.92. The summed E-state index contributed by atoms with van der Waals surface area (Å²) in [6.45, 7) is 3.28. The van der Waals surface area contributed by atoms with Crippen molar-refractivity contribution in [1.82, 2.24) is 15.1 Å². The fourth-order valence-corrected chi connectivity index (χ4v) is 3.30. The van der Waals surface area contributed by atoms with Crippen molar-refractivity contribution in [1.29, 1.82) is 0 Å². The number of hydrogen-bond acceptors (Lipinski definition) is 4. The molecular formula is C20H22F3N3O3. The molecule has 1 aliphatic rings. The van der Waals surface area contributed by atoms with Crippen LogP contribution in [-0.2, 0) is 11.0 Å². The van der Waals surface area contributed by atoms with Crippen LogP contribution < -0.4 is 5.32 Å². The molecule has 1 aromatic carbocycles. The van der Waals surface area contributed by atoms with Crippen LogP contribution in [0.4, 0.5) is 13.2 Å². The molecule has 1 aromatic heterocycles. The van der Waals surface area contributed by atoms with Crippen molar-refractivity contribution in [3.05, 3.63) is 59.5 Å². The minimum absolute atomic E-state index is 0.145. The largest absolute Gasteiger partial charge is 0.467 e. The van der Waals surface area contributed by atoms with Gasteiger partial charge in [-0.1, -0.05) is 12.1 Å². The number of alkyl halides is 3. The molecule has 1 N–H and O–H groups in total. The van der Waals surface area contributed by atoms with Crippen molar-refractivity contribution in [2.45, 2.75) is 19.1 Å². The average molecular weight is 409 g/mol. The normalized spacial score (nSPS) is 16.5. The SMILES string of the molecule is C[C@@H](NC(=O)CN1CCN(C(=O)c2ccccc2C(F)(F)F)CC1)c1ccco1. The van der Waals surface area contributed by atoms with E-state index in [4.69, 9.17) is 4.42 Å². The number of amides is 2. The van der Waals surface area contributed by atoms with E-state index in [9.17, 15) is 22.8 Å². The van der Waals surface area contributed by atoms with Gasteiger partial charge >= 0.3 is 6.18 Å². The van der Waals surface area contributed by atoms with Crippen LogP contribution in [0, 0.1) is 0 Å². The highest BCUT2D eigenvalue weighted by Gasteiger charge is 2.36. The topological polar surface area (TPSA) is 65.8 Å². The van der Waals surface area contributed by atoms with Gasteiger partial charge in [-0.05, 0) is 31.2 Å². The first-order chi connectivity index (χ1) is 13.8. The van der Waals surface area contributed by atoms with Gasteiger partial charge in [0, 0.05) is 26.2 Å². The molecule has 1 aliphatic heterocycles. The zero-order chi connectivity index (χ0) is 21.0. The van der Waals surface area contributed by atoms with Crippen molar-refractivity contribution < 1.29 is 27.2 Å². The summed E-state index contributed by atoms with van der Waals surface area (Å²) in [5, 5.41) is 2.83. The van der Waals surface area contributed by atoms with E-state index in [1.807, 2.05) is 11.8 Å². The second kappa shape index (κ2) is 8.69. The van der Waals surface area contributed by atoms with Gasteiger partial charge in [0.1, 0.15) is 5.76 Å². The lowest BCUT2D eigenvalue weighted by atomic mass is 10.1. The van der Waals surface area contributed by atoms with Gasteiger partial charge < -0.3 is 14.6 Å². The lowest BCUT2D eigenvalue weighted by Crippen LogP contribution is -2.51. The van der Waals surface area contributed by atoms with Crippen LogP contribution in [0.15, 0.2) is 47.1 Å². The number of carbonyl (C=O) groups is 2. The molecule has 1 fully saturated rings. The summed E-state index contributed by atoms with van der Waals surface area (Å²) in [5.74, 6) is -0.179. The smallest absolute Gasteiger partial charge is 0.417 e. The Morgan fingerprint density at radius 1 is 1.10 bits per heavy atom. The summed E-state index contributed by atoms with van der Waals surface area (Å²) < 4.78 is 44.7. The zero-order valence-corrected chi connectivity index (χ0v) is 15.9. The van der Waals surface area contributed by atoms with Gasteiger partial charge in [0.15, 0.2) is 0 Å².